The van der Waals surface area contributed by atoms with E-state index < -0.39 is 0 Å². The fraction of sp³-hybridized carbons (Fsp3) is 0.417. The average molecular weight is 426 g/mol. The summed E-state index contributed by atoms with van der Waals surface area (Å²) in [5.41, 5.74) is 2.48. The molecule has 0 bridgehead atoms. The van der Waals surface area contributed by atoms with E-state index in [1.165, 1.54) is 5.56 Å². The SMILES string of the molecule is COc1cc(OC)cc(C(=O)NC(=NC[C@@H]2CCCO2)Nc2cccc(C(C)C)c2)c1. The van der Waals surface area contributed by atoms with Crippen LogP contribution in [0.1, 0.15) is 48.5 Å². The van der Waals surface area contributed by atoms with E-state index in [-0.39, 0.29) is 12.0 Å². The summed E-state index contributed by atoms with van der Waals surface area (Å²) >= 11 is 0. The van der Waals surface area contributed by atoms with E-state index in [9.17, 15) is 4.79 Å². The Morgan fingerprint density at radius 3 is 2.52 bits per heavy atom. The number of rotatable bonds is 7. The van der Waals surface area contributed by atoms with Gasteiger partial charge < -0.3 is 19.5 Å². The van der Waals surface area contributed by atoms with E-state index in [0.29, 0.717) is 35.5 Å². The van der Waals surface area contributed by atoms with Crippen LogP contribution in [0.2, 0.25) is 0 Å². The number of hydrogen-bond acceptors (Lipinski definition) is 5. The van der Waals surface area contributed by atoms with Crippen LogP contribution in [0.5, 0.6) is 11.5 Å². The minimum atomic E-state index is -0.309. The van der Waals surface area contributed by atoms with Gasteiger partial charge in [-0.15, -0.1) is 0 Å². The molecule has 0 unspecified atom stereocenters. The van der Waals surface area contributed by atoms with Crippen molar-refractivity contribution >= 4 is 17.6 Å². The number of carbonyl (C=O) groups excluding carboxylic acids is 1. The zero-order valence-corrected chi connectivity index (χ0v) is 18.6. The Morgan fingerprint density at radius 1 is 1.16 bits per heavy atom. The number of benzene rings is 2. The second-order valence-corrected chi connectivity index (χ2v) is 7.78. The van der Waals surface area contributed by atoms with Gasteiger partial charge >= 0.3 is 0 Å². The lowest BCUT2D eigenvalue weighted by Crippen LogP contribution is -2.36. The monoisotopic (exact) mass is 425 g/mol. The van der Waals surface area contributed by atoms with Gasteiger partial charge in [0.25, 0.3) is 5.91 Å². The Hall–Kier alpha value is -3.06. The predicted molar refractivity (Wildman–Crippen MR) is 122 cm³/mol. The van der Waals surface area contributed by atoms with Crippen molar-refractivity contribution in [3.8, 4) is 11.5 Å². The number of anilines is 1. The molecule has 1 atom stereocenters. The number of amides is 1. The fourth-order valence-corrected chi connectivity index (χ4v) is 3.32. The highest BCUT2D eigenvalue weighted by atomic mass is 16.5. The summed E-state index contributed by atoms with van der Waals surface area (Å²) in [6.07, 6.45) is 2.09. The van der Waals surface area contributed by atoms with E-state index in [4.69, 9.17) is 14.2 Å². The van der Waals surface area contributed by atoms with Crippen molar-refractivity contribution in [2.75, 3.05) is 32.7 Å². The summed E-state index contributed by atoms with van der Waals surface area (Å²) in [4.78, 5) is 17.6. The van der Waals surface area contributed by atoms with Crippen molar-refractivity contribution in [1.82, 2.24) is 5.32 Å². The molecule has 0 radical (unpaired) electrons. The average Bonchev–Trinajstić information content (AvgIpc) is 3.31. The smallest absolute Gasteiger partial charge is 0.258 e. The lowest BCUT2D eigenvalue weighted by molar-refractivity contribution is 0.0975. The van der Waals surface area contributed by atoms with Gasteiger partial charge in [0.05, 0.1) is 26.9 Å². The van der Waals surface area contributed by atoms with Gasteiger partial charge in [-0.3, -0.25) is 10.1 Å². The van der Waals surface area contributed by atoms with E-state index in [1.807, 2.05) is 12.1 Å². The number of nitrogens with one attached hydrogen (secondary N) is 2. The van der Waals surface area contributed by atoms with Crippen LogP contribution in [-0.4, -0.2) is 45.3 Å². The zero-order chi connectivity index (χ0) is 22.2. The summed E-state index contributed by atoms with van der Waals surface area (Å²) < 4.78 is 16.2. The second kappa shape index (κ2) is 10.8. The molecule has 1 amide bonds. The number of nitrogens with zero attached hydrogens (tertiary/aromatic N) is 1. The zero-order valence-electron chi connectivity index (χ0n) is 18.6. The summed E-state index contributed by atoms with van der Waals surface area (Å²) in [5.74, 6) is 1.55. The van der Waals surface area contributed by atoms with Crippen LogP contribution in [0, 0.1) is 0 Å². The van der Waals surface area contributed by atoms with Crippen molar-refractivity contribution < 1.29 is 19.0 Å². The molecule has 0 aromatic heterocycles. The third-order valence-electron chi connectivity index (χ3n) is 5.14. The standard InChI is InChI=1S/C24H31N3O4/c1-16(2)17-7-5-8-19(11-17)26-24(25-15-20-9-6-10-31-20)27-23(28)18-12-21(29-3)14-22(13-18)30-4/h5,7-8,11-14,16,20H,6,9-10,15H2,1-4H3,(H2,25,26,27,28)/t20-/m0/s1. The Bertz CT molecular complexity index is 899. The third kappa shape index (κ3) is 6.46. The third-order valence-corrected chi connectivity index (χ3v) is 5.14. The van der Waals surface area contributed by atoms with Crippen LogP contribution < -0.4 is 20.1 Å². The van der Waals surface area contributed by atoms with Gasteiger partial charge in [0.1, 0.15) is 11.5 Å². The topological polar surface area (TPSA) is 81.2 Å². The fourth-order valence-electron chi connectivity index (χ4n) is 3.32. The van der Waals surface area contributed by atoms with Crippen LogP contribution in [0.4, 0.5) is 5.69 Å². The molecule has 1 heterocycles. The first-order chi connectivity index (χ1) is 15.0. The minimum absolute atomic E-state index is 0.0765. The Morgan fingerprint density at radius 2 is 1.90 bits per heavy atom. The quantitative estimate of drug-likeness (QED) is 0.513. The highest BCUT2D eigenvalue weighted by Crippen LogP contribution is 2.23. The molecule has 1 aliphatic heterocycles. The molecule has 2 aromatic carbocycles. The highest BCUT2D eigenvalue weighted by Gasteiger charge is 2.17. The first kappa shape index (κ1) is 22.6. The maximum Gasteiger partial charge on any atom is 0.258 e. The Kier molecular flexibility index (Phi) is 7.89. The highest BCUT2D eigenvalue weighted by molar-refractivity contribution is 6.10. The molecule has 1 aliphatic rings. The Labute approximate surface area is 183 Å². The van der Waals surface area contributed by atoms with Crippen LogP contribution in [-0.2, 0) is 4.74 Å². The van der Waals surface area contributed by atoms with Crippen molar-refractivity contribution in [1.29, 1.82) is 0 Å². The minimum Gasteiger partial charge on any atom is -0.497 e. The molecular formula is C24H31N3O4. The van der Waals surface area contributed by atoms with E-state index in [2.05, 4.69) is 41.6 Å². The van der Waals surface area contributed by atoms with E-state index in [0.717, 1.165) is 25.1 Å². The van der Waals surface area contributed by atoms with Gasteiger partial charge in [0.15, 0.2) is 0 Å². The molecule has 7 nitrogen and oxygen atoms in total. The molecule has 3 rings (SSSR count). The summed E-state index contributed by atoms with van der Waals surface area (Å²) in [6, 6.07) is 13.1. The molecule has 7 heteroatoms. The molecule has 0 aliphatic carbocycles. The largest absolute Gasteiger partial charge is 0.497 e. The number of carbonyl (C=O) groups is 1. The van der Waals surface area contributed by atoms with Crippen LogP contribution in [0.3, 0.4) is 0 Å². The van der Waals surface area contributed by atoms with Crippen LogP contribution >= 0.6 is 0 Å². The number of hydrogen-bond donors (Lipinski definition) is 2. The summed E-state index contributed by atoms with van der Waals surface area (Å²) in [6.45, 7) is 5.52. The maximum absolute atomic E-state index is 13.0. The van der Waals surface area contributed by atoms with Crippen molar-refractivity contribution in [3.63, 3.8) is 0 Å². The second-order valence-electron chi connectivity index (χ2n) is 7.78. The summed E-state index contributed by atoms with van der Waals surface area (Å²) in [7, 11) is 3.10. The molecule has 2 aromatic rings. The van der Waals surface area contributed by atoms with Crippen molar-refractivity contribution in [2.24, 2.45) is 4.99 Å². The number of aliphatic imine (C=N–C) groups is 1. The van der Waals surface area contributed by atoms with Gasteiger partial charge in [0, 0.05) is 23.9 Å². The van der Waals surface area contributed by atoms with Crippen molar-refractivity contribution in [2.45, 2.75) is 38.7 Å². The number of methoxy groups -OCH3 is 2. The molecule has 31 heavy (non-hydrogen) atoms. The predicted octanol–water partition coefficient (Wildman–Crippen LogP) is 4.20. The van der Waals surface area contributed by atoms with Gasteiger partial charge in [-0.2, -0.15) is 0 Å². The molecule has 0 saturated carbocycles. The van der Waals surface area contributed by atoms with Crippen molar-refractivity contribution in [3.05, 3.63) is 53.6 Å². The van der Waals surface area contributed by atoms with Gasteiger partial charge in [-0.25, -0.2) is 4.99 Å². The number of ether oxygens (including phenoxy) is 3. The lowest BCUT2D eigenvalue weighted by Gasteiger charge is -2.15. The van der Waals surface area contributed by atoms with E-state index >= 15 is 0 Å². The Balaban J connectivity index is 1.81. The van der Waals surface area contributed by atoms with Gasteiger partial charge in [-0.05, 0) is 48.6 Å². The molecule has 1 saturated heterocycles. The first-order valence-corrected chi connectivity index (χ1v) is 10.6. The lowest BCUT2D eigenvalue weighted by atomic mass is 10.0. The molecule has 0 spiro atoms. The van der Waals surface area contributed by atoms with Crippen LogP contribution in [0.25, 0.3) is 0 Å². The molecule has 1 fully saturated rings. The van der Waals surface area contributed by atoms with Gasteiger partial charge in [0.2, 0.25) is 5.96 Å². The first-order valence-electron chi connectivity index (χ1n) is 10.6. The molecular weight excluding hydrogens is 394 g/mol. The molecule has 166 valence electrons. The number of guanidine groups is 1. The maximum atomic E-state index is 13.0. The molecule has 2 N–H and O–H groups in total. The normalized spacial score (nSPS) is 16.3. The summed E-state index contributed by atoms with van der Waals surface area (Å²) in [5, 5.41) is 6.15. The van der Waals surface area contributed by atoms with E-state index in [1.54, 1.807) is 32.4 Å². The van der Waals surface area contributed by atoms with Gasteiger partial charge in [-0.1, -0.05) is 26.0 Å². The van der Waals surface area contributed by atoms with Crippen LogP contribution in [0.15, 0.2) is 47.5 Å².